The first-order valence-electron chi connectivity index (χ1n) is 9.55. The number of nitrogens with zero attached hydrogens (tertiary/aromatic N) is 1. The summed E-state index contributed by atoms with van der Waals surface area (Å²) in [7, 11) is 1.66. The maximum absolute atomic E-state index is 12.6. The highest BCUT2D eigenvalue weighted by atomic mass is 16.5. The van der Waals surface area contributed by atoms with Crippen molar-refractivity contribution in [2.45, 2.75) is 13.3 Å². The van der Waals surface area contributed by atoms with E-state index in [2.05, 4.69) is 15.6 Å². The summed E-state index contributed by atoms with van der Waals surface area (Å²) >= 11 is 0. The number of nitrogens with one attached hydrogen (secondary N) is 2. The third kappa shape index (κ3) is 5.72. The van der Waals surface area contributed by atoms with Gasteiger partial charge in [-0.15, -0.1) is 0 Å². The molecule has 0 saturated heterocycles. The van der Waals surface area contributed by atoms with Crippen LogP contribution in [0.5, 0.6) is 11.5 Å². The fourth-order valence-electron chi connectivity index (χ4n) is 2.85. The van der Waals surface area contributed by atoms with Crippen LogP contribution in [0.4, 0.5) is 11.4 Å². The molecule has 0 radical (unpaired) electrons. The molecule has 29 heavy (non-hydrogen) atoms. The average Bonchev–Trinajstić information content (AvgIpc) is 2.76. The molecule has 0 bridgehead atoms. The first-order chi connectivity index (χ1) is 14.2. The summed E-state index contributed by atoms with van der Waals surface area (Å²) in [5.74, 6) is 1.20. The van der Waals surface area contributed by atoms with Gasteiger partial charge in [0.15, 0.2) is 0 Å². The van der Waals surface area contributed by atoms with Gasteiger partial charge in [-0.05, 0) is 55.3 Å². The number of hydrogen-bond donors (Lipinski definition) is 2. The maximum atomic E-state index is 12.6. The van der Waals surface area contributed by atoms with Gasteiger partial charge in [0.1, 0.15) is 17.2 Å². The molecule has 0 aliphatic carbocycles. The van der Waals surface area contributed by atoms with Crippen LogP contribution in [0.1, 0.15) is 23.0 Å². The van der Waals surface area contributed by atoms with E-state index in [0.29, 0.717) is 23.7 Å². The van der Waals surface area contributed by atoms with Crippen LogP contribution in [-0.4, -0.2) is 31.2 Å². The summed E-state index contributed by atoms with van der Waals surface area (Å²) < 4.78 is 10.7. The van der Waals surface area contributed by atoms with E-state index < -0.39 is 0 Å². The van der Waals surface area contributed by atoms with Crippen LogP contribution >= 0.6 is 0 Å². The minimum absolute atomic E-state index is 0.282. The molecule has 3 aromatic rings. The van der Waals surface area contributed by atoms with Crippen molar-refractivity contribution in [3.8, 4) is 11.5 Å². The monoisotopic (exact) mass is 391 g/mol. The van der Waals surface area contributed by atoms with Gasteiger partial charge >= 0.3 is 0 Å². The Kier molecular flexibility index (Phi) is 7.05. The molecule has 6 heteroatoms. The lowest BCUT2D eigenvalue weighted by molar-refractivity contribution is 0.102. The molecule has 2 aromatic carbocycles. The molecule has 0 atom stereocenters. The highest BCUT2D eigenvalue weighted by Gasteiger charge is 2.11. The summed E-state index contributed by atoms with van der Waals surface area (Å²) in [6.45, 7) is 3.17. The summed E-state index contributed by atoms with van der Waals surface area (Å²) in [4.78, 5) is 16.8. The topological polar surface area (TPSA) is 72.5 Å². The Morgan fingerprint density at radius 1 is 1.07 bits per heavy atom. The highest BCUT2D eigenvalue weighted by Crippen LogP contribution is 2.24. The van der Waals surface area contributed by atoms with Crippen LogP contribution in [-0.2, 0) is 6.42 Å². The van der Waals surface area contributed by atoms with Crippen LogP contribution in [0, 0.1) is 0 Å². The number of para-hydroxylation sites is 2. The van der Waals surface area contributed by atoms with Crippen LogP contribution < -0.4 is 20.1 Å². The van der Waals surface area contributed by atoms with Crippen molar-refractivity contribution >= 4 is 17.3 Å². The number of ether oxygens (including phenoxy) is 2. The number of hydrogen-bond acceptors (Lipinski definition) is 5. The maximum Gasteiger partial charge on any atom is 0.274 e. The van der Waals surface area contributed by atoms with Crippen molar-refractivity contribution in [3.63, 3.8) is 0 Å². The lowest BCUT2D eigenvalue weighted by atomic mass is 10.1. The van der Waals surface area contributed by atoms with Gasteiger partial charge in [0, 0.05) is 18.4 Å². The largest absolute Gasteiger partial charge is 0.497 e. The van der Waals surface area contributed by atoms with Crippen LogP contribution in [0.3, 0.4) is 0 Å². The van der Waals surface area contributed by atoms with E-state index in [1.165, 1.54) is 5.56 Å². The summed E-state index contributed by atoms with van der Waals surface area (Å²) in [5.41, 5.74) is 3.01. The minimum atomic E-state index is -0.282. The molecule has 3 rings (SSSR count). The van der Waals surface area contributed by atoms with Crippen LogP contribution in [0.25, 0.3) is 0 Å². The molecule has 150 valence electrons. The molecule has 2 N–H and O–H groups in total. The fraction of sp³-hybridized carbons (Fsp3) is 0.217. The molecule has 0 aliphatic rings. The van der Waals surface area contributed by atoms with Gasteiger partial charge in [0.2, 0.25) is 0 Å². The molecule has 1 aromatic heterocycles. The smallest absolute Gasteiger partial charge is 0.274 e. The zero-order chi connectivity index (χ0) is 20.5. The van der Waals surface area contributed by atoms with Crippen molar-refractivity contribution in [1.82, 2.24) is 4.98 Å². The Balaban J connectivity index is 1.59. The second kappa shape index (κ2) is 10.1. The van der Waals surface area contributed by atoms with Crippen molar-refractivity contribution in [1.29, 1.82) is 0 Å². The quantitative estimate of drug-likeness (QED) is 0.566. The summed E-state index contributed by atoms with van der Waals surface area (Å²) in [5, 5.41) is 6.20. The number of carbonyl (C=O) groups is 1. The molecular weight excluding hydrogens is 366 g/mol. The van der Waals surface area contributed by atoms with Crippen LogP contribution in [0.2, 0.25) is 0 Å². The second-order valence-electron chi connectivity index (χ2n) is 6.34. The lowest BCUT2D eigenvalue weighted by Crippen LogP contribution is -2.15. The van der Waals surface area contributed by atoms with Crippen molar-refractivity contribution < 1.29 is 14.3 Å². The standard InChI is InChI=1S/C23H25N3O3/c1-3-29-22-7-5-4-6-20(22)26-23(27)21-16-18(13-15-25-21)24-14-12-17-8-10-19(28-2)11-9-17/h4-11,13,15-16H,3,12,14H2,1-2H3,(H,24,25)(H,26,27). The number of methoxy groups -OCH3 is 1. The molecule has 1 amide bonds. The van der Waals surface area contributed by atoms with Crippen molar-refractivity contribution in [3.05, 3.63) is 78.1 Å². The predicted molar refractivity (Wildman–Crippen MR) is 115 cm³/mol. The van der Waals surface area contributed by atoms with Gasteiger partial charge in [0.05, 0.1) is 19.4 Å². The molecular formula is C23H25N3O3. The Morgan fingerprint density at radius 3 is 2.62 bits per heavy atom. The van der Waals surface area contributed by atoms with Crippen LogP contribution in [0.15, 0.2) is 66.9 Å². The first kappa shape index (κ1) is 20.2. The lowest BCUT2D eigenvalue weighted by Gasteiger charge is -2.12. The summed E-state index contributed by atoms with van der Waals surface area (Å²) in [6.07, 6.45) is 2.48. The highest BCUT2D eigenvalue weighted by molar-refractivity contribution is 6.04. The third-order valence-electron chi connectivity index (χ3n) is 4.33. The average molecular weight is 391 g/mol. The Labute approximate surface area is 170 Å². The molecule has 6 nitrogen and oxygen atoms in total. The van der Waals surface area contributed by atoms with Gasteiger partial charge in [-0.25, -0.2) is 0 Å². The number of rotatable bonds is 9. The third-order valence-corrected chi connectivity index (χ3v) is 4.33. The minimum Gasteiger partial charge on any atom is -0.497 e. The van der Waals surface area contributed by atoms with Crippen molar-refractivity contribution in [2.24, 2.45) is 0 Å². The number of amides is 1. The van der Waals surface area contributed by atoms with Gasteiger partial charge in [-0.1, -0.05) is 24.3 Å². The fourth-order valence-corrected chi connectivity index (χ4v) is 2.85. The Bertz CT molecular complexity index is 942. The molecule has 0 spiro atoms. The zero-order valence-electron chi connectivity index (χ0n) is 16.6. The molecule has 0 fully saturated rings. The van der Waals surface area contributed by atoms with Gasteiger partial charge in [0.25, 0.3) is 5.91 Å². The van der Waals surface area contributed by atoms with E-state index >= 15 is 0 Å². The van der Waals surface area contributed by atoms with E-state index in [-0.39, 0.29) is 5.91 Å². The number of carbonyl (C=O) groups excluding carboxylic acids is 1. The van der Waals surface area contributed by atoms with Crippen molar-refractivity contribution in [2.75, 3.05) is 30.9 Å². The number of benzene rings is 2. The SMILES string of the molecule is CCOc1ccccc1NC(=O)c1cc(NCCc2ccc(OC)cc2)ccn1. The predicted octanol–water partition coefficient (Wildman–Crippen LogP) is 4.40. The van der Waals surface area contributed by atoms with Gasteiger partial charge < -0.3 is 20.1 Å². The second-order valence-corrected chi connectivity index (χ2v) is 6.34. The van der Waals surface area contributed by atoms with E-state index in [1.54, 1.807) is 25.4 Å². The first-order valence-corrected chi connectivity index (χ1v) is 9.55. The van der Waals surface area contributed by atoms with Gasteiger partial charge in [-0.2, -0.15) is 0 Å². The Hall–Kier alpha value is -3.54. The molecule has 0 saturated carbocycles. The Morgan fingerprint density at radius 2 is 1.86 bits per heavy atom. The number of anilines is 2. The number of aromatic nitrogens is 1. The number of pyridine rings is 1. The molecule has 0 unspecified atom stereocenters. The molecule has 1 heterocycles. The van der Waals surface area contributed by atoms with E-state index in [9.17, 15) is 4.79 Å². The summed E-state index contributed by atoms with van der Waals surface area (Å²) in [6, 6.07) is 18.9. The zero-order valence-corrected chi connectivity index (χ0v) is 16.6. The molecule has 0 aliphatic heterocycles. The van der Waals surface area contributed by atoms with E-state index in [4.69, 9.17) is 9.47 Å². The normalized spacial score (nSPS) is 10.3. The van der Waals surface area contributed by atoms with Gasteiger partial charge in [-0.3, -0.25) is 9.78 Å². The van der Waals surface area contributed by atoms with E-state index in [0.717, 1.165) is 24.4 Å². The van der Waals surface area contributed by atoms with E-state index in [1.807, 2.05) is 55.5 Å².